The summed E-state index contributed by atoms with van der Waals surface area (Å²) in [6.45, 7) is 3.36. The third kappa shape index (κ3) is 3.78. The van der Waals surface area contributed by atoms with E-state index >= 15 is 0 Å². The molecule has 0 spiro atoms. The molecule has 6 heteroatoms. The lowest BCUT2D eigenvalue weighted by Gasteiger charge is -2.11. The molecule has 1 N–H and O–H groups in total. The lowest BCUT2D eigenvalue weighted by molar-refractivity contribution is 0.0949. The predicted molar refractivity (Wildman–Crippen MR) is 83.5 cm³/mol. The Hall–Kier alpha value is -2.50. The van der Waals surface area contributed by atoms with Crippen LogP contribution in [-0.4, -0.2) is 36.5 Å². The van der Waals surface area contributed by atoms with Gasteiger partial charge in [-0.05, 0) is 31.5 Å². The molecule has 0 aliphatic carbocycles. The van der Waals surface area contributed by atoms with Crippen LogP contribution < -0.4 is 14.8 Å². The highest BCUT2D eigenvalue weighted by Gasteiger charge is 2.12. The monoisotopic (exact) mass is 303 g/mol. The number of carbonyl (C=O) groups excluding carboxylic acids is 1. The summed E-state index contributed by atoms with van der Waals surface area (Å²) in [7, 11) is 3.11. The number of hydrogen-bond donors (Lipinski definition) is 1. The number of rotatable bonds is 7. The van der Waals surface area contributed by atoms with Crippen molar-refractivity contribution in [2.24, 2.45) is 0 Å². The largest absolute Gasteiger partial charge is 0.497 e. The molecular formula is C16H21N3O3. The Morgan fingerprint density at radius 1 is 1.27 bits per heavy atom. The molecule has 0 fully saturated rings. The number of amides is 1. The van der Waals surface area contributed by atoms with Crippen molar-refractivity contribution in [3.8, 4) is 11.5 Å². The van der Waals surface area contributed by atoms with Crippen molar-refractivity contribution in [2.45, 2.75) is 19.9 Å². The maximum Gasteiger partial charge on any atom is 0.255 e. The molecule has 22 heavy (non-hydrogen) atoms. The first-order valence-electron chi connectivity index (χ1n) is 7.14. The first-order valence-corrected chi connectivity index (χ1v) is 7.14. The normalized spacial score (nSPS) is 10.3. The Bertz CT molecular complexity index is 637. The van der Waals surface area contributed by atoms with Gasteiger partial charge >= 0.3 is 0 Å². The number of benzene rings is 1. The lowest BCUT2D eigenvalue weighted by Crippen LogP contribution is -2.26. The van der Waals surface area contributed by atoms with Crippen LogP contribution in [0.15, 0.2) is 30.5 Å². The van der Waals surface area contributed by atoms with E-state index in [9.17, 15) is 4.79 Å². The Morgan fingerprint density at radius 3 is 2.73 bits per heavy atom. The summed E-state index contributed by atoms with van der Waals surface area (Å²) in [5, 5.41) is 7.10. The van der Waals surface area contributed by atoms with Crippen LogP contribution in [0.5, 0.6) is 11.5 Å². The van der Waals surface area contributed by atoms with Crippen LogP contribution in [-0.2, 0) is 6.54 Å². The molecule has 0 saturated carbocycles. The summed E-state index contributed by atoms with van der Waals surface area (Å²) in [4.78, 5) is 12.2. The van der Waals surface area contributed by atoms with Crippen LogP contribution in [0, 0.1) is 6.92 Å². The van der Waals surface area contributed by atoms with Crippen LogP contribution in [0.4, 0.5) is 0 Å². The smallest absolute Gasteiger partial charge is 0.255 e. The van der Waals surface area contributed by atoms with E-state index in [-0.39, 0.29) is 5.91 Å². The van der Waals surface area contributed by atoms with Crippen LogP contribution in [0.25, 0.3) is 0 Å². The zero-order valence-corrected chi connectivity index (χ0v) is 13.1. The molecule has 6 nitrogen and oxygen atoms in total. The molecule has 1 aromatic carbocycles. The summed E-state index contributed by atoms with van der Waals surface area (Å²) in [5.41, 5.74) is 1.61. The fourth-order valence-electron chi connectivity index (χ4n) is 2.14. The van der Waals surface area contributed by atoms with Crippen molar-refractivity contribution >= 4 is 5.91 Å². The predicted octanol–water partition coefficient (Wildman–Crippen LogP) is 2.03. The summed E-state index contributed by atoms with van der Waals surface area (Å²) < 4.78 is 12.3. The minimum Gasteiger partial charge on any atom is -0.497 e. The van der Waals surface area contributed by atoms with Gasteiger partial charge in [-0.1, -0.05) is 0 Å². The van der Waals surface area contributed by atoms with E-state index in [2.05, 4.69) is 10.4 Å². The molecule has 0 bridgehead atoms. The maximum absolute atomic E-state index is 12.2. The van der Waals surface area contributed by atoms with E-state index in [1.807, 2.05) is 17.7 Å². The third-order valence-electron chi connectivity index (χ3n) is 3.41. The number of ether oxygens (including phenoxy) is 2. The number of aryl methyl sites for hydroxylation is 2. The molecule has 0 aliphatic rings. The van der Waals surface area contributed by atoms with Crippen molar-refractivity contribution in [1.29, 1.82) is 0 Å². The van der Waals surface area contributed by atoms with Gasteiger partial charge < -0.3 is 14.8 Å². The Kier molecular flexibility index (Phi) is 5.41. The van der Waals surface area contributed by atoms with Gasteiger partial charge in [0.1, 0.15) is 11.5 Å². The summed E-state index contributed by atoms with van der Waals surface area (Å²) in [6.07, 6.45) is 2.59. The van der Waals surface area contributed by atoms with Crippen molar-refractivity contribution < 1.29 is 14.3 Å². The average Bonchev–Trinajstić information content (AvgIpc) is 2.95. The van der Waals surface area contributed by atoms with E-state index in [0.717, 1.165) is 18.7 Å². The van der Waals surface area contributed by atoms with Gasteiger partial charge in [-0.3, -0.25) is 9.48 Å². The summed E-state index contributed by atoms with van der Waals surface area (Å²) >= 11 is 0. The zero-order valence-electron chi connectivity index (χ0n) is 13.1. The van der Waals surface area contributed by atoms with Gasteiger partial charge in [-0.15, -0.1) is 0 Å². The van der Waals surface area contributed by atoms with E-state index in [1.165, 1.54) is 7.11 Å². The second-order valence-corrected chi connectivity index (χ2v) is 4.87. The number of aromatic nitrogens is 2. The van der Waals surface area contributed by atoms with Crippen molar-refractivity contribution in [3.63, 3.8) is 0 Å². The molecule has 2 rings (SSSR count). The van der Waals surface area contributed by atoms with Gasteiger partial charge in [-0.2, -0.15) is 5.10 Å². The highest BCUT2D eigenvalue weighted by Crippen LogP contribution is 2.24. The second-order valence-electron chi connectivity index (χ2n) is 4.87. The van der Waals surface area contributed by atoms with Crippen molar-refractivity contribution in [1.82, 2.24) is 15.1 Å². The fraction of sp³-hybridized carbons (Fsp3) is 0.375. The molecule has 2 aromatic rings. The molecule has 0 unspecified atom stereocenters. The SMILES string of the molecule is COc1ccc(C(=O)NCCCn2nccc2C)c(OC)c1. The molecule has 0 atom stereocenters. The van der Waals surface area contributed by atoms with Crippen molar-refractivity contribution in [3.05, 3.63) is 41.7 Å². The summed E-state index contributed by atoms with van der Waals surface area (Å²) in [6, 6.07) is 7.10. The van der Waals surface area contributed by atoms with Gasteiger partial charge in [0.05, 0.1) is 19.8 Å². The molecule has 118 valence electrons. The average molecular weight is 303 g/mol. The van der Waals surface area contributed by atoms with E-state index in [1.54, 1.807) is 31.5 Å². The Balaban J connectivity index is 1.88. The van der Waals surface area contributed by atoms with Crippen LogP contribution >= 0.6 is 0 Å². The Morgan fingerprint density at radius 2 is 2.09 bits per heavy atom. The second kappa shape index (κ2) is 7.49. The number of nitrogens with one attached hydrogen (secondary N) is 1. The highest BCUT2D eigenvalue weighted by molar-refractivity contribution is 5.97. The van der Waals surface area contributed by atoms with Gasteiger partial charge in [0, 0.05) is 31.0 Å². The van der Waals surface area contributed by atoms with Crippen molar-refractivity contribution in [2.75, 3.05) is 20.8 Å². The first kappa shape index (κ1) is 15.9. The quantitative estimate of drug-likeness (QED) is 0.795. The molecule has 1 amide bonds. The first-order chi connectivity index (χ1) is 10.7. The fourth-order valence-corrected chi connectivity index (χ4v) is 2.14. The molecule has 1 aromatic heterocycles. The lowest BCUT2D eigenvalue weighted by atomic mass is 10.1. The maximum atomic E-state index is 12.2. The number of nitrogens with zero attached hydrogens (tertiary/aromatic N) is 2. The van der Waals surface area contributed by atoms with Crippen LogP contribution in [0.1, 0.15) is 22.5 Å². The molecule has 0 radical (unpaired) electrons. The standard InChI is InChI=1S/C16H21N3O3/c1-12-7-9-18-19(12)10-4-8-17-16(20)14-6-5-13(21-2)11-15(14)22-3/h5-7,9,11H,4,8,10H2,1-3H3,(H,17,20). The van der Waals surface area contributed by atoms with Gasteiger partial charge in [0.25, 0.3) is 5.91 Å². The molecule has 0 aliphatic heterocycles. The number of carbonyl (C=O) groups is 1. The number of hydrogen-bond acceptors (Lipinski definition) is 4. The molecule has 1 heterocycles. The summed E-state index contributed by atoms with van der Waals surface area (Å²) in [5.74, 6) is 0.999. The van der Waals surface area contributed by atoms with Gasteiger partial charge in [0.15, 0.2) is 0 Å². The van der Waals surface area contributed by atoms with E-state index in [4.69, 9.17) is 9.47 Å². The minimum absolute atomic E-state index is 0.156. The van der Waals surface area contributed by atoms with E-state index < -0.39 is 0 Å². The molecular weight excluding hydrogens is 282 g/mol. The topological polar surface area (TPSA) is 65.4 Å². The molecule has 0 saturated heterocycles. The Labute approximate surface area is 130 Å². The van der Waals surface area contributed by atoms with Crippen LogP contribution in [0.3, 0.4) is 0 Å². The minimum atomic E-state index is -0.156. The van der Waals surface area contributed by atoms with Crippen LogP contribution in [0.2, 0.25) is 0 Å². The zero-order chi connectivity index (χ0) is 15.9. The van der Waals surface area contributed by atoms with E-state index in [0.29, 0.717) is 23.6 Å². The third-order valence-corrected chi connectivity index (χ3v) is 3.41. The number of methoxy groups -OCH3 is 2. The van der Waals surface area contributed by atoms with Gasteiger partial charge in [-0.25, -0.2) is 0 Å². The highest BCUT2D eigenvalue weighted by atomic mass is 16.5. The van der Waals surface area contributed by atoms with Gasteiger partial charge in [0.2, 0.25) is 0 Å².